The fourth-order valence-electron chi connectivity index (χ4n) is 11.0. The van der Waals surface area contributed by atoms with Crippen molar-refractivity contribution in [2.45, 2.75) is 119 Å². The molecule has 1 aromatic carbocycles. The Morgan fingerprint density at radius 1 is 0.925 bits per heavy atom. The van der Waals surface area contributed by atoms with E-state index in [1.807, 2.05) is 36.4 Å². The number of esters is 1. The predicted octanol–water partition coefficient (Wildman–Crippen LogP) is 10.3. The summed E-state index contributed by atoms with van der Waals surface area (Å²) in [6, 6.07) is 10.0. The zero-order valence-corrected chi connectivity index (χ0v) is 26.5. The molecule has 0 aliphatic heterocycles. The Morgan fingerprint density at radius 2 is 1.62 bits per heavy atom. The zero-order valence-electron chi connectivity index (χ0n) is 26.5. The van der Waals surface area contributed by atoms with Crippen LogP contribution < -0.4 is 0 Å². The maximum atomic E-state index is 12.9. The number of carbonyl (C=O) groups is 1. The van der Waals surface area contributed by atoms with E-state index in [1.54, 1.807) is 6.08 Å². The highest BCUT2D eigenvalue weighted by molar-refractivity contribution is 5.87. The molecule has 2 heteroatoms. The minimum atomic E-state index is -0.191. The van der Waals surface area contributed by atoms with Crippen LogP contribution >= 0.6 is 0 Å². The fourth-order valence-corrected chi connectivity index (χ4v) is 11.0. The molecule has 0 spiro atoms. The Morgan fingerprint density at radius 3 is 2.35 bits per heavy atom. The second-order valence-corrected chi connectivity index (χ2v) is 15.6. The van der Waals surface area contributed by atoms with Gasteiger partial charge in [0, 0.05) is 11.5 Å². The van der Waals surface area contributed by atoms with Crippen LogP contribution in [0.2, 0.25) is 0 Å². The second kappa shape index (κ2) is 11.4. The van der Waals surface area contributed by atoms with E-state index in [9.17, 15) is 4.79 Å². The molecular formula is C38H56O2. The van der Waals surface area contributed by atoms with Gasteiger partial charge in [0.25, 0.3) is 0 Å². The largest absolute Gasteiger partial charge is 0.459 e. The first-order valence-corrected chi connectivity index (χ1v) is 16.5. The van der Waals surface area contributed by atoms with Crippen molar-refractivity contribution in [2.75, 3.05) is 0 Å². The molecule has 4 fully saturated rings. The molecule has 2 nitrogen and oxygen atoms in total. The lowest BCUT2D eigenvalue weighted by Crippen LogP contribution is -2.59. The molecular weight excluding hydrogens is 488 g/mol. The van der Waals surface area contributed by atoms with Gasteiger partial charge in [-0.1, -0.05) is 76.6 Å². The molecule has 1 aromatic rings. The highest BCUT2D eigenvalue weighted by Gasteiger charge is 2.63. The first-order chi connectivity index (χ1) is 19.0. The molecule has 220 valence electrons. The van der Waals surface area contributed by atoms with E-state index in [-0.39, 0.29) is 17.5 Å². The summed E-state index contributed by atoms with van der Waals surface area (Å²) >= 11 is 0. The van der Waals surface area contributed by atoms with E-state index in [4.69, 9.17) is 4.74 Å². The lowest BCUT2D eigenvalue weighted by atomic mass is 9.41. The monoisotopic (exact) mass is 544 g/mol. The average molecular weight is 545 g/mol. The second-order valence-electron chi connectivity index (χ2n) is 15.6. The first-order valence-electron chi connectivity index (χ1n) is 16.5. The maximum absolute atomic E-state index is 12.9. The lowest BCUT2D eigenvalue weighted by molar-refractivity contribution is -0.194. The van der Waals surface area contributed by atoms with E-state index in [0.717, 1.165) is 41.6 Å². The Hall–Kier alpha value is -1.83. The van der Waals surface area contributed by atoms with E-state index >= 15 is 0 Å². The van der Waals surface area contributed by atoms with Crippen LogP contribution in [0.3, 0.4) is 0 Å². The van der Waals surface area contributed by atoms with Crippen molar-refractivity contribution in [3.8, 4) is 0 Å². The Labute approximate surface area is 245 Å². The third-order valence-corrected chi connectivity index (χ3v) is 12.9. The normalized spacial score (nSPS) is 39.1. The highest BCUT2D eigenvalue weighted by atomic mass is 16.5. The number of benzene rings is 1. The van der Waals surface area contributed by atoms with Crippen LogP contribution in [0.1, 0.15) is 118 Å². The van der Waals surface area contributed by atoms with Crippen molar-refractivity contribution < 1.29 is 9.53 Å². The van der Waals surface area contributed by atoms with Crippen LogP contribution in [0.15, 0.2) is 48.1 Å². The molecule has 0 heterocycles. The molecule has 0 bridgehead atoms. The molecule has 0 N–H and O–H groups in total. The van der Waals surface area contributed by atoms with Gasteiger partial charge >= 0.3 is 5.97 Å². The molecule has 0 saturated heterocycles. The van der Waals surface area contributed by atoms with E-state index in [2.05, 4.69) is 54.5 Å². The number of fused-ring (bicyclic) bond motifs is 5. The topological polar surface area (TPSA) is 26.3 Å². The van der Waals surface area contributed by atoms with Crippen LogP contribution in [0.5, 0.6) is 0 Å². The van der Waals surface area contributed by atoms with Crippen molar-refractivity contribution >= 4 is 12.0 Å². The summed E-state index contributed by atoms with van der Waals surface area (Å²) in [5.41, 5.74) is 3.40. The Balaban J connectivity index is 1.26. The number of hydrogen-bond acceptors (Lipinski definition) is 2. The number of allylic oxidation sites excluding steroid dienone is 2. The summed E-state index contributed by atoms with van der Waals surface area (Å²) in [6.45, 7) is 17.2. The van der Waals surface area contributed by atoms with Crippen molar-refractivity contribution in [3.05, 3.63) is 53.6 Å². The molecule has 40 heavy (non-hydrogen) atoms. The number of hydrogen-bond donors (Lipinski definition) is 0. The standard InChI is InChI=1S/C38H56O2/c1-26(2)12-11-13-27(3)30-18-19-31-29-17-20-33-36(4,5)34(40-35(39)21-16-28-14-9-8-10-15-28)23-25-38(33,7)32(29)22-24-37(30,31)6/h8-10,12,14-16,21,27,29-34H,11,13,17-20,22-25H2,1-7H3/b21-16+/t27-,29+,30-,31+,32+,33+,34-,37-,38-/m0/s1. The SMILES string of the molecule is CC(C)=CCC[C@H](C)[C@@H]1CC[C@@H]2[C@H]3CC[C@@H]4C(C)(C)[C@@H](OC(=O)/C=C/c5ccccc5)CC[C@@]4(C)[C@@H]3CC[C@]21C. The van der Waals surface area contributed by atoms with Crippen molar-refractivity contribution in [1.82, 2.24) is 0 Å². The summed E-state index contributed by atoms with van der Waals surface area (Å²) < 4.78 is 6.20. The van der Waals surface area contributed by atoms with Gasteiger partial charge in [0.15, 0.2) is 0 Å². The van der Waals surface area contributed by atoms with E-state index in [0.29, 0.717) is 16.7 Å². The van der Waals surface area contributed by atoms with Crippen LogP contribution in [-0.2, 0) is 9.53 Å². The number of ether oxygens (including phenoxy) is 1. The summed E-state index contributed by atoms with van der Waals surface area (Å²) in [6.07, 6.45) is 19.1. The maximum Gasteiger partial charge on any atom is 0.331 e. The summed E-state index contributed by atoms with van der Waals surface area (Å²) in [5, 5.41) is 0. The molecule has 4 aliphatic rings. The van der Waals surface area contributed by atoms with Gasteiger partial charge in [-0.25, -0.2) is 4.79 Å². The fraction of sp³-hybridized carbons (Fsp3) is 0.711. The Bertz CT molecular complexity index is 1090. The summed E-state index contributed by atoms with van der Waals surface area (Å²) in [5.74, 6) is 4.77. The molecule has 0 radical (unpaired) electrons. The van der Waals surface area contributed by atoms with Gasteiger partial charge in [-0.15, -0.1) is 0 Å². The van der Waals surface area contributed by atoms with Gasteiger partial charge in [-0.05, 0) is 136 Å². The number of carbonyl (C=O) groups excluding carboxylic acids is 1. The van der Waals surface area contributed by atoms with E-state index in [1.165, 1.54) is 63.4 Å². The van der Waals surface area contributed by atoms with Gasteiger partial charge < -0.3 is 4.74 Å². The van der Waals surface area contributed by atoms with Crippen molar-refractivity contribution in [1.29, 1.82) is 0 Å². The zero-order chi connectivity index (χ0) is 28.7. The summed E-state index contributed by atoms with van der Waals surface area (Å²) in [7, 11) is 0. The van der Waals surface area contributed by atoms with Gasteiger partial charge in [-0.2, -0.15) is 0 Å². The highest BCUT2D eigenvalue weighted by Crippen LogP contribution is 2.70. The Kier molecular flexibility index (Phi) is 8.49. The summed E-state index contributed by atoms with van der Waals surface area (Å²) in [4.78, 5) is 12.9. The quantitative estimate of drug-likeness (QED) is 0.194. The molecule has 5 rings (SSSR count). The molecule has 0 unspecified atom stereocenters. The molecule has 0 amide bonds. The van der Waals surface area contributed by atoms with Gasteiger partial charge in [-0.3, -0.25) is 0 Å². The van der Waals surface area contributed by atoms with Crippen molar-refractivity contribution in [3.63, 3.8) is 0 Å². The van der Waals surface area contributed by atoms with E-state index < -0.39 is 0 Å². The molecule has 4 aliphatic carbocycles. The average Bonchev–Trinajstić information content (AvgIpc) is 3.27. The predicted molar refractivity (Wildman–Crippen MR) is 168 cm³/mol. The van der Waals surface area contributed by atoms with Crippen molar-refractivity contribution in [2.24, 2.45) is 51.8 Å². The van der Waals surface area contributed by atoms with Gasteiger partial charge in [0.2, 0.25) is 0 Å². The number of rotatable bonds is 7. The van der Waals surface area contributed by atoms with Crippen LogP contribution in [0, 0.1) is 51.8 Å². The van der Waals surface area contributed by atoms with Gasteiger partial charge in [0.05, 0.1) is 0 Å². The van der Waals surface area contributed by atoms with Gasteiger partial charge in [0.1, 0.15) is 6.10 Å². The smallest absolute Gasteiger partial charge is 0.331 e. The molecule has 4 saturated carbocycles. The lowest BCUT2D eigenvalue weighted by Gasteiger charge is -2.65. The third kappa shape index (κ3) is 5.38. The van der Waals surface area contributed by atoms with Crippen LogP contribution in [0.25, 0.3) is 6.08 Å². The van der Waals surface area contributed by atoms with Crippen LogP contribution in [-0.4, -0.2) is 12.1 Å². The molecule has 0 aromatic heterocycles. The minimum Gasteiger partial charge on any atom is -0.459 e. The van der Waals surface area contributed by atoms with Crippen LogP contribution in [0.4, 0.5) is 0 Å². The molecule has 9 atom stereocenters. The first kappa shape index (κ1) is 29.7. The third-order valence-electron chi connectivity index (χ3n) is 12.9. The minimum absolute atomic E-state index is 0.00132.